The number of ether oxygens (including phenoxy) is 2. The second-order valence-corrected chi connectivity index (χ2v) is 5.84. The Morgan fingerprint density at radius 3 is 2.82 bits per heavy atom. The second-order valence-electron chi connectivity index (χ2n) is 5.43. The first-order chi connectivity index (χ1) is 10.7. The summed E-state index contributed by atoms with van der Waals surface area (Å²) >= 11 is 6.17. The van der Waals surface area contributed by atoms with Gasteiger partial charge in [0.2, 0.25) is 0 Å². The van der Waals surface area contributed by atoms with Crippen molar-refractivity contribution in [2.75, 3.05) is 7.11 Å². The van der Waals surface area contributed by atoms with Gasteiger partial charge in [-0.25, -0.2) is 0 Å². The number of hydrogen-bond donors (Lipinski definition) is 0. The van der Waals surface area contributed by atoms with Gasteiger partial charge in [0.15, 0.2) is 0 Å². The van der Waals surface area contributed by atoms with E-state index in [-0.39, 0.29) is 24.4 Å². The molecule has 3 rings (SSSR count). The topological polar surface area (TPSA) is 35.5 Å². The lowest BCUT2D eigenvalue weighted by Gasteiger charge is -2.07. The van der Waals surface area contributed by atoms with Crippen LogP contribution in [0.5, 0.6) is 5.75 Å². The quantitative estimate of drug-likeness (QED) is 0.776. The summed E-state index contributed by atoms with van der Waals surface area (Å²) in [6.45, 7) is 0.266. The maximum atomic E-state index is 12.1. The predicted molar refractivity (Wildman–Crippen MR) is 85.1 cm³/mol. The number of benzene rings is 2. The van der Waals surface area contributed by atoms with Gasteiger partial charge in [0.1, 0.15) is 12.4 Å². The summed E-state index contributed by atoms with van der Waals surface area (Å²) in [7, 11) is 1.61. The Morgan fingerprint density at radius 1 is 1.23 bits per heavy atom. The molecule has 1 fully saturated rings. The number of carbonyl (C=O) groups excluding carboxylic acids is 1. The molecular formula is C18H17ClO3. The van der Waals surface area contributed by atoms with Crippen LogP contribution in [0.3, 0.4) is 0 Å². The Morgan fingerprint density at radius 2 is 2.05 bits per heavy atom. The van der Waals surface area contributed by atoms with E-state index in [2.05, 4.69) is 0 Å². The van der Waals surface area contributed by atoms with Crippen LogP contribution in [0.4, 0.5) is 0 Å². The lowest BCUT2D eigenvalue weighted by atomic mass is 10.1. The van der Waals surface area contributed by atoms with Crippen LogP contribution >= 0.6 is 11.6 Å². The SMILES string of the molecule is COc1cccc(COC(=O)C2CC2c2ccccc2Cl)c1. The van der Waals surface area contributed by atoms with Crippen LogP contribution in [0, 0.1) is 5.92 Å². The van der Waals surface area contributed by atoms with Crippen molar-refractivity contribution in [2.45, 2.75) is 18.9 Å². The van der Waals surface area contributed by atoms with Gasteiger partial charge in [-0.1, -0.05) is 41.9 Å². The maximum Gasteiger partial charge on any atom is 0.309 e. The van der Waals surface area contributed by atoms with E-state index in [1.807, 2.05) is 48.5 Å². The molecule has 2 aromatic carbocycles. The molecule has 0 aliphatic heterocycles. The van der Waals surface area contributed by atoms with Crippen LogP contribution in [0.15, 0.2) is 48.5 Å². The highest BCUT2D eigenvalue weighted by atomic mass is 35.5. The Kier molecular flexibility index (Phi) is 4.34. The third-order valence-corrected chi connectivity index (χ3v) is 4.26. The number of methoxy groups -OCH3 is 1. The highest BCUT2D eigenvalue weighted by molar-refractivity contribution is 6.31. The molecule has 114 valence electrons. The van der Waals surface area contributed by atoms with Crippen molar-refractivity contribution in [1.29, 1.82) is 0 Å². The predicted octanol–water partition coefficient (Wildman–Crippen LogP) is 4.20. The van der Waals surface area contributed by atoms with Crippen LogP contribution < -0.4 is 4.74 Å². The third kappa shape index (κ3) is 3.25. The molecule has 0 N–H and O–H groups in total. The molecule has 0 radical (unpaired) electrons. The van der Waals surface area contributed by atoms with Gasteiger partial charge in [0, 0.05) is 5.02 Å². The molecule has 2 unspecified atom stereocenters. The fourth-order valence-electron chi connectivity index (χ4n) is 2.60. The minimum atomic E-state index is -0.160. The number of carbonyl (C=O) groups is 1. The van der Waals surface area contributed by atoms with Crippen molar-refractivity contribution in [1.82, 2.24) is 0 Å². The first-order valence-electron chi connectivity index (χ1n) is 7.23. The van der Waals surface area contributed by atoms with E-state index in [9.17, 15) is 4.79 Å². The van der Waals surface area contributed by atoms with Gasteiger partial charge >= 0.3 is 5.97 Å². The number of rotatable bonds is 5. The summed E-state index contributed by atoms with van der Waals surface area (Å²) in [6, 6.07) is 15.2. The summed E-state index contributed by atoms with van der Waals surface area (Å²) in [5.41, 5.74) is 1.95. The zero-order valence-corrected chi connectivity index (χ0v) is 13.0. The Bertz CT molecular complexity index is 684. The number of hydrogen-bond acceptors (Lipinski definition) is 3. The van der Waals surface area contributed by atoms with Crippen molar-refractivity contribution in [3.05, 3.63) is 64.7 Å². The molecule has 1 saturated carbocycles. The van der Waals surface area contributed by atoms with E-state index < -0.39 is 0 Å². The smallest absolute Gasteiger partial charge is 0.309 e. The normalized spacial score (nSPS) is 19.5. The summed E-state index contributed by atoms with van der Waals surface area (Å²) in [4.78, 5) is 12.1. The fourth-order valence-corrected chi connectivity index (χ4v) is 2.87. The summed E-state index contributed by atoms with van der Waals surface area (Å²) < 4.78 is 10.6. The highest BCUT2D eigenvalue weighted by Crippen LogP contribution is 2.50. The Balaban J connectivity index is 1.57. The Labute approximate surface area is 134 Å². The second kappa shape index (κ2) is 6.41. The van der Waals surface area contributed by atoms with E-state index in [4.69, 9.17) is 21.1 Å². The van der Waals surface area contributed by atoms with Crippen LogP contribution in [0.2, 0.25) is 5.02 Å². The summed E-state index contributed by atoms with van der Waals surface area (Å²) in [5.74, 6) is 0.707. The van der Waals surface area contributed by atoms with Crippen LogP contribution in [0.25, 0.3) is 0 Å². The third-order valence-electron chi connectivity index (χ3n) is 3.91. The van der Waals surface area contributed by atoms with Gasteiger partial charge in [-0.3, -0.25) is 4.79 Å². The molecule has 2 atom stereocenters. The van der Waals surface area contributed by atoms with Gasteiger partial charge in [-0.2, -0.15) is 0 Å². The summed E-state index contributed by atoms with van der Waals surface area (Å²) in [6.07, 6.45) is 0.806. The van der Waals surface area contributed by atoms with E-state index in [1.54, 1.807) is 7.11 Å². The van der Waals surface area contributed by atoms with Crippen LogP contribution in [-0.4, -0.2) is 13.1 Å². The molecule has 0 aromatic heterocycles. The highest BCUT2D eigenvalue weighted by Gasteiger charge is 2.46. The molecule has 0 amide bonds. The molecular weight excluding hydrogens is 300 g/mol. The van der Waals surface area contributed by atoms with Gasteiger partial charge < -0.3 is 9.47 Å². The molecule has 1 aliphatic carbocycles. The van der Waals surface area contributed by atoms with Gasteiger partial charge in [-0.05, 0) is 41.7 Å². The fraction of sp³-hybridized carbons (Fsp3) is 0.278. The van der Waals surface area contributed by atoms with E-state index in [1.165, 1.54) is 0 Å². The summed E-state index contributed by atoms with van der Waals surface area (Å²) in [5, 5.41) is 0.718. The molecule has 22 heavy (non-hydrogen) atoms. The molecule has 0 heterocycles. The monoisotopic (exact) mass is 316 g/mol. The lowest BCUT2D eigenvalue weighted by Crippen LogP contribution is -2.08. The zero-order chi connectivity index (χ0) is 15.5. The van der Waals surface area contributed by atoms with Crippen molar-refractivity contribution in [3.63, 3.8) is 0 Å². The van der Waals surface area contributed by atoms with Crippen LogP contribution in [-0.2, 0) is 16.1 Å². The van der Waals surface area contributed by atoms with Crippen molar-refractivity contribution in [2.24, 2.45) is 5.92 Å². The molecule has 0 saturated heterocycles. The van der Waals surface area contributed by atoms with Gasteiger partial charge in [0.05, 0.1) is 13.0 Å². The van der Waals surface area contributed by atoms with Gasteiger partial charge in [-0.15, -0.1) is 0 Å². The van der Waals surface area contributed by atoms with Crippen LogP contribution in [0.1, 0.15) is 23.5 Å². The van der Waals surface area contributed by atoms with Gasteiger partial charge in [0.25, 0.3) is 0 Å². The molecule has 0 spiro atoms. The van der Waals surface area contributed by atoms with Crippen molar-refractivity contribution < 1.29 is 14.3 Å². The zero-order valence-electron chi connectivity index (χ0n) is 12.3. The maximum absolute atomic E-state index is 12.1. The first kappa shape index (κ1) is 14.9. The van der Waals surface area contributed by atoms with Crippen molar-refractivity contribution in [3.8, 4) is 5.75 Å². The molecule has 2 aromatic rings. The lowest BCUT2D eigenvalue weighted by molar-refractivity contribution is -0.146. The minimum absolute atomic E-state index is 0.0782. The molecule has 1 aliphatic rings. The molecule has 0 bridgehead atoms. The molecule has 3 nitrogen and oxygen atoms in total. The number of esters is 1. The standard InChI is InChI=1S/C18H17ClO3/c1-21-13-6-4-5-12(9-13)11-22-18(20)16-10-15(16)14-7-2-3-8-17(14)19/h2-9,15-16H,10-11H2,1H3. The van der Waals surface area contributed by atoms with E-state index in [0.717, 1.165) is 28.3 Å². The average Bonchev–Trinajstić information content (AvgIpc) is 3.34. The number of halogens is 1. The Hall–Kier alpha value is -2.00. The minimum Gasteiger partial charge on any atom is -0.497 e. The molecule has 4 heteroatoms. The van der Waals surface area contributed by atoms with Crippen molar-refractivity contribution >= 4 is 17.6 Å². The first-order valence-corrected chi connectivity index (χ1v) is 7.61. The van der Waals surface area contributed by atoms with E-state index in [0.29, 0.717) is 0 Å². The average molecular weight is 317 g/mol. The largest absolute Gasteiger partial charge is 0.497 e. The van der Waals surface area contributed by atoms with E-state index >= 15 is 0 Å².